The summed E-state index contributed by atoms with van der Waals surface area (Å²) in [6.45, 7) is 11.4. The maximum Gasteiger partial charge on any atom is 0.0558 e. The highest BCUT2D eigenvalue weighted by atomic mass is 16.3. The van der Waals surface area contributed by atoms with Gasteiger partial charge in [-0.15, -0.1) is 0 Å². The van der Waals surface area contributed by atoms with Gasteiger partial charge in [0.2, 0.25) is 0 Å². The fraction of sp³-hybridized carbons (Fsp3) is 0.600. The zero-order valence-corrected chi connectivity index (χ0v) is 11.9. The molecule has 3 heteroatoms. The molecule has 3 nitrogen and oxygen atoms in total. The molecule has 102 valence electrons. The highest BCUT2D eigenvalue weighted by Crippen LogP contribution is 2.16. The van der Waals surface area contributed by atoms with Crippen molar-refractivity contribution in [2.45, 2.75) is 20.8 Å². The zero-order chi connectivity index (χ0) is 13.4. The summed E-state index contributed by atoms with van der Waals surface area (Å²) < 4.78 is 0. The summed E-state index contributed by atoms with van der Waals surface area (Å²) in [5.41, 5.74) is 2.62. The number of aliphatic hydroxyl groups excluding tert-OH is 1. The minimum Gasteiger partial charge on any atom is -0.395 e. The first-order chi connectivity index (χ1) is 8.79. The molecule has 18 heavy (non-hydrogen) atoms. The van der Waals surface area contributed by atoms with Gasteiger partial charge in [0.25, 0.3) is 0 Å². The number of β-amino-alcohol motifs (C(OH)–C–C–N with tert-alkyl or cyclic N) is 1. The van der Waals surface area contributed by atoms with Crippen molar-refractivity contribution in [3.05, 3.63) is 29.8 Å². The van der Waals surface area contributed by atoms with Crippen molar-refractivity contribution < 1.29 is 5.11 Å². The van der Waals surface area contributed by atoms with Crippen LogP contribution in [0, 0.1) is 6.92 Å². The van der Waals surface area contributed by atoms with Crippen molar-refractivity contribution in [3.8, 4) is 0 Å². The van der Waals surface area contributed by atoms with Crippen LogP contribution >= 0.6 is 0 Å². The van der Waals surface area contributed by atoms with Crippen LogP contribution in [-0.2, 0) is 0 Å². The van der Waals surface area contributed by atoms with E-state index in [1.807, 2.05) is 13.8 Å². The smallest absolute Gasteiger partial charge is 0.0558 e. The lowest BCUT2D eigenvalue weighted by Crippen LogP contribution is -2.47. The third-order valence-corrected chi connectivity index (χ3v) is 3.19. The Kier molecular flexibility index (Phi) is 6.76. The highest BCUT2D eigenvalue weighted by molar-refractivity contribution is 5.47. The fourth-order valence-electron chi connectivity index (χ4n) is 2.13. The number of hydrogen-bond acceptors (Lipinski definition) is 3. The predicted molar refractivity (Wildman–Crippen MR) is 78.3 cm³/mol. The monoisotopic (exact) mass is 250 g/mol. The van der Waals surface area contributed by atoms with E-state index >= 15 is 0 Å². The third-order valence-electron chi connectivity index (χ3n) is 3.19. The molecule has 0 aromatic heterocycles. The number of aryl methyl sites for hydroxylation is 1. The maximum absolute atomic E-state index is 8.88. The van der Waals surface area contributed by atoms with E-state index in [0.29, 0.717) is 0 Å². The molecule has 0 bridgehead atoms. The van der Waals surface area contributed by atoms with Crippen molar-refractivity contribution in [1.82, 2.24) is 4.90 Å². The quantitative estimate of drug-likeness (QED) is 0.890. The minimum absolute atomic E-state index is 0.268. The molecular weight excluding hydrogens is 224 g/mol. The van der Waals surface area contributed by atoms with Crippen molar-refractivity contribution in [1.29, 1.82) is 0 Å². The first-order valence-corrected chi connectivity index (χ1v) is 6.94. The molecule has 0 spiro atoms. The van der Waals surface area contributed by atoms with Gasteiger partial charge in [0.1, 0.15) is 0 Å². The van der Waals surface area contributed by atoms with Gasteiger partial charge in [-0.05, 0) is 19.1 Å². The zero-order valence-electron chi connectivity index (χ0n) is 11.9. The minimum atomic E-state index is 0.268. The van der Waals surface area contributed by atoms with Crippen molar-refractivity contribution in [3.63, 3.8) is 0 Å². The molecular formula is C15H26N2O. The number of aliphatic hydroxyl groups is 1. The lowest BCUT2D eigenvalue weighted by molar-refractivity contribution is 0.189. The van der Waals surface area contributed by atoms with Gasteiger partial charge in [-0.2, -0.15) is 0 Å². The summed E-state index contributed by atoms with van der Waals surface area (Å²) in [7, 11) is 0. The molecule has 1 heterocycles. The van der Waals surface area contributed by atoms with Crippen LogP contribution < -0.4 is 4.90 Å². The molecule has 1 aliphatic rings. The molecule has 2 rings (SSSR count). The molecule has 0 aliphatic carbocycles. The van der Waals surface area contributed by atoms with E-state index < -0.39 is 0 Å². The first kappa shape index (κ1) is 15.0. The maximum atomic E-state index is 8.88. The van der Waals surface area contributed by atoms with Crippen LogP contribution in [0.15, 0.2) is 24.3 Å². The van der Waals surface area contributed by atoms with Crippen LogP contribution in [0.5, 0.6) is 0 Å². The Morgan fingerprint density at radius 2 is 1.56 bits per heavy atom. The van der Waals surface area contributed by atoms with Crippen molar-refractivity contribution in [2.24, 2.45) is 0 Å². The molecule has 0 amide bonds. The van der Waals surface area contributed by atoms with E-state index in [4.69, 9.17) is 5.11 Å². The summed E-state index contributed by atoms with van der Waals surface area (Å²) in [5, 5.41) is 8.88. The van der Waals surface area contributed by atoms with Crippen molar-refractivity contribution in [2.75, 3.05) is 44.2 Å². The van der Waals surface area contributed by atoms with Gasteiger partial charge in [-0.1, -0.05) is 31.5 Å². The summed E-state index contributed by atoms with van der Waals surface area (Å²) in [6.07, 6.45) is 0. The van der Waals surface area contributed by atoms with E-state index in [9.17, 15) is 0 Å². The summed E-state index contributed by atoms with van der Waals surface area (Å²) in [4.78, 5) is 4.72. The average molecular weight is 250 g/mol. The average Bonchev–Trinajstić information content (AvgIpc) is 2.43. The second-order valence-corrected chi connectivity index (χ2v) is 4.39. The van der Waals surface area contributed by atoms with Crippen LogP contribution in [0.25, 0.3) is 0 Å². The van der Waals surface area contributed by atoms with Gasteiger partial charge >= 0.3 is 0 Å². The van der Waals surface area contributed by atoms with E-state index in [-0.39, 0.29) is 6.61 Å². The molecule has 0 saturated carbocycles. The second kappa shape index (κ2) is 8.11. The van der Waals surface area contributed by atoms with E-state index in [2.05, 4.69) is 41.0 Å². The lowest BCUT2D eigenvalue weighted by atomic mass is 10.2. The number of piperazine rings is 1. The summed E-state index contributed by atoms with van der Waals surface area (Å²) in [6, 6.07) is 8.71. The van der Waals surface area contributed by atoms with Crippen LogP contribution in [0.3, 0.4) is 0 Å². The number of hydrogen-bond donors (Lipinski definition) is 1. The van der Waals surface area contributed by atoms with Crippen LogP contribution in [0.2, 0.25) is 0 Å². The second-order valence-electron chi connectivity index (χ2n) is 4.39. The Morgan fingerprint density at radius 1 is 1.00 bits per heavy atom. The highest BCUT2D eigenvalue weighted by Gasteiger charge is 2.16. The number of benzene rings is 1. The molecule has 1 aromatic carbocycles. The van der Waals surface area contributed by atoms with Crippen LogP contribution in [0.4, 0.5) is 5.69 Å². The Labute approximate surface area is 111 Å². The first-order valence-electron chi connectivity index (χ1n) is 6.94. The Morgan fingerprint density at radius 3 is 2.06 bits per heavy atom. The van der Waals surface area contributed by atoms with Gasteiger partial charge in [-0.3, -0.25) is 4.90 Å². The van der Waals surface area contributed by atoms with Gasteiger partial charge < -0.3 is 10.0 Å². The molecule has 1 aromatic rings. The largest absolute Gasteiger partial charge is 0.395 e. The molecule has 0 atom stereocenters. The standard InChI is InChI=1S/C13H20N2O.C2H6/c1-12-2-4-13(5-3-12)15-8-6-14(7-9-15)10-11-16;1-2/h2-5,16H,6-11H2,1H3;1-2H3. The summed E-state index contributed by atoms with van der Waals surface area (Å²) >= 11 is 0. The molecule has 1 fully saturated rings. The van der Waals surface area contributed by atoms with E-state index in [1.165, 1.54) is 11.3 Å². The predicted octanol–water partition coefficient (Wildman–Crippen LogP) is 2.14. The Balaban J connectivity index is 0.000000771. The van der Waals surface area contributed by atoms with Gasteiger partial charge in [-0.25, -0.2) is 0 Å². The van der Waals surface area contributed by atoms with Gasteiger partial charge in [0.15, 0.2) is 0 Å². The van der Waals surface area contributed by atoms with Crippen LogP contribution in [-0.4, -0.2) is 49.3 Å². The normalized spacial score (nSPS) is 16.1. The number of nitrogens with zero attached hydrogens (tertiary/aromatic N) is 2. The molecule has 1 saturated heterocycles. The van der Waals surface area contributed by atoms with E-state index in [1.54, 1.807) is 0 Å². The molecule has 1 aliphatic heterocycles. The van der Waals surface area contributed by atoms with Crippen molar-refractivity contribution >= 4 is 5.69 Å². The number of rotatable bonds is 3. The van der Waals surface area contributed by atoms with Crippen LogP contribution in [0.1, 0.15) is 19.4 Å². The van der Waals surface area contributed by atoms with Gasteiger partial charge in [0.05, 0.1) is 6.61 Å². The molecule has 1 N–H and O–H groups in total. The molecule has 0 radical (unpaired) electrons. The fourth-order valence-corrected chi connectivity index (χ4v) is 2.13. The summed E-state index contributed by atoms with van der Waals surface area (Å²) in [5.74, 6) is 0. The number of anilines is 1. The van der Waals surface area contributed by atoms with Gasteiger partial charge in [0, 0.05) is 38.4 Å². The molecule has 0 unspecified atom stereocenters. The van der Waals surface area contributed by atoms with E-state index in [0.717, 1.165) is 32.7 Å². The SMILES string of the molecule is CC.Cc1ccc(N2CCN(CCO)CC2)cc1. The lowest BCUT2D eigenvalue weighted by Gasteiger charge is -2.35. The third kappa shape index (κ3) is 4.31. The Hall–Kier alpha value is -1.06. The Bertz CT molecular complexity index is 316. The topological polar surface area (TPSA) is 26.7 Å².